The minimum Gasteiger partial charge on any atom is -0.400 e. The third-order valence-corrected chi connectivity index (χ3v) is 9.31. The van der Waals surface area contributed by atoms with Gasteiger partial charge in [0.15, 0.2) is 0 Å². The fourth-order valence-corrected chi connectivity index (χ4v) is 6.94. The maximum absolute atomic E-state index is 9.08. The number of nitrogens with zero attached hydrogens (tertiary/aromatic N) is 6. The van der Waals surface area contributed by atoms with Crippen LogP contribution in [-0.4, -0.2) is 89.1 Å². The summed E-state index contributed by atoms with van der Waals surface area (Å²) >= 11 is 0. The molecule has 12 nitrogen and oxygen atoms in total. The molecular formula is C31H51N8O4P. The smallest absolute Gasteiger partial charge is 0.259 e. The first-order valence-corrected chi connectivity index (χ1v) is 16.3. The van der Waals surface area contributed by atoms with Gasteiger partial charge in [-0.05, 0) is 54.0 Å². The number of rotatable bonds is 14. The van der Waals surface area contributed by atoms with E-state index in [1.165, 1.54) is 12.7 Å². The van der Waals surface area contributed by atoms with Gasteiger partial charge in [0.2, 0.25) is 1.43 Å². The molecule has 13 heteroatoms. The van der Waals surface area contributed by atoms with Crippen molar-refractivity contribution in [2.75, 3.05) is 38.7 Å². The molecule has 4 rings (SSSR count). The zero-order chi connectivity index (χ0) is 33.7. The van der Waals surface area contributed by atoms with Crippen molar-refractivity contribution >= 4 is 20.7 Å². The molecule has 1 aromatic carbocycles. The average molecular weight is 634 g/mol. The third kappa shape index (κ3) is 9.52. The highest BCUT2D eigenvalue weighted by atomic mass is 31.2. The Morgan fingerprint density at radius 2 is 2.02 bits per heavy atom. The van der Waals surface area contributed by atoms with Gasteiger partial charge in [0.05, 0.1) is 38.4 Å². The summed E-state index contributed by atoms with van der Waals surface area (Å²) in [7, 11) is -0.169. The second kappa shape index (κ2) is 17.3. The van der Waals surface area contributed by atoms with E-state index in [2.05, 4.69) is 90.0 Å². The van der Waals surface area contributed by atoms with E-state index >= 15 is 0 Å². The van der Waals surface area contributed by atoms with Crippen LogP contribution in [0.1, 0.15) is 79.9 Å². The van der Waals surface area contributed by atoms with Gasteiger partial charge in [0.1, 0.15) is 29.5 Å². The van der Waals surface area contributed by atoms with Crippen molar-refractivity contribution in [2.24, 2.45) is 4.99 Å². The fourth-order valence-electron chi connectivity index (χ4n) is 5.25. The molecule has 0 saturated carbocycles. The lowest BCUT2D eigenvalue weighted by Gasteiger charge is -2.47. The molecule has 244 valence electrons. The number of aliphatic hydroxyl groups is 1. The Hall–Kier alpha value is -2.46. The second-order valence-electron chi connectivity index (χ2n) is 11.7. The number of aliphatic imine (C=N–C) groups is 1. The first-order chi connectivity index (χ1) is 22.1. The molecular weight excluding hydrogens is 579 g/mol. The van der Waals surface area contributed by atoms with E-state index in [0.29, 0.717) is 32.7 Å². The van der Waals surface area contributed by atoms with Crippen LogP contribution in [0, 0.1) is 11.3 Å². The van der Waals surface area contributed by atoms with Crippen molar-refractivity contribution in [1.29, 1.82) is 6.69 Å². The molecule has 4 atom stereocenters. The van der Waals surface area contributed by atoms with E-state index < -0.39 is 20.4 Å². The molecule has 1 aromatic heterocycles. The van der Waals surface area contributed by atoms with Gasteiger partial charge in [-0.25, -0.2) is 14.6 Å². The van der Waals surface area contributed by atoms with Crippen molar-refractivity contribution in [2.45, 2.75) is 97.5 Å². The van der Waals surface area contributed by atoms with E-state index in [-0.39, 0.29) is 37.8 Å². The number of hydrogen-bond donors (Lipinski definition) is 3. The van der Waals surface area contributed by atoms with E-state index in [4.69, 9.17) is 26.8 Å². The molecule has 3 heterocycles. The Bertz CT molecular complexity index is 1240. The molecule has 2 aliphatic heterocycles. The molecule has 0 radical (unpaired) electrons. The highest BCUT2D eigenvalue weighted by Crippen LogP contribution is 2.47. The molecule has 0 aliphatic carbocycles. The van der Waals surface area contributed by atoms with Gasteiger partial charge < -0.3 is 24.2 Å². The first-order valence-electron chi connectivity index (χ1n) is 16.2. The lowest BCUT2D eigenvalue weighted by Crippen LogP contribution is -2.56. The molecule has 0 bridgehead atoms. The van der Waals surface area contributed by atoms with Crippen LogP contribution in [0.5, 0.6) is 0 Å². The van der Waals surface area contributed by atoms with Crippen molar-refractivity contribution in [1.82, 2.24) is 24.4 Å². The van der Waals surface area contributed by atoms with E-state index in [9.17, 15) is 0 Å². The van der Waals surface area contributed by atoms with Crippen LogP contribution in [0.15, 0.2) is 41.7 Å². The summed E-state index contributed by atoms with van der Waals surface area (Å²) in [5, 5.41) is 19.4. The predicted molar refractivity (Wildman–Crippen MR) is 175 cm³/mol. The van der Waals surface area contributed by atoms with Gasteiger partial charge in [-0.2, -0.15) is 5.26 Å². The summed E-state index contributed by atoms with van der Waals surface area (Å²) < 4.78 is 38.0. The summed E-state index contributed by atoms with van der Waals surface area (Å²) in [4.78, 5) is 11.7. The van der Waals surface area contributed by atoms with Crippen LogP contribution in [0.4, 0.5) is 5.82 Å². The van der Waals surface area contributed by atoms with E-state index in [1.807, 2.05) is 22.8 Å². The number of aliphatic hydroxyl groups excluding tert-OH is 1. The van der Waals surface area contributed by atoms with Crippen molar-refractivity contribution in [3.05, 3.63) is 47.9 Å². The average Bonchev–Trinajstić information content (AvgIpc) is 3.48. The first kappa shape index (κ1) is 32.9. The molecule has 1 fully saturated rings. The van der Waals surface area contributed by atoms with E-state index in [1.54, 1.807) is 12.7 Å². The van der Waals surface area contributed by atoms with Gasteiger partial charge in [0.25, 0.3) is 8.53 Å². The SMILES string of the molecule is [2H]C[C@@]1(COP(OCCC#N)N(C(C)C)C(C)C)CN(C(C)C)C[C@H](n2cnc3c2NC=NC3NCc2ccccc2)O1.[3H]OC. The molecule has 3 N–H and O–H groups in total. The van der Waals surface area contributed by atoms with Gasteiger partial charge in [0, 0.05) is 46.2 Å². The molecule has 2 aromatic rings. The monoisotopic (exact) mass is 633 g/mol. The molecule has 0 spiro atoms. The minimum atomic E-state index is -1.46. The number of ether oxygens (including phenoxy) is 1. The number of aromatic nitrogens is 2. The van der Waals surface area contributed by atoms with Gasteiger partial charge in [-0.1, -0.05) is 30.3 Å². The van der Waals surface area contributed by atoms with Crippen LogP contribution in [0.3, 0.4) is 0 Å². The standard InChI is InChI=1S/C30H47N8O3P.CH4O/c1-22(2)36-17-26(37-21-35-27-28(33-20-34-29(27)37)32-16-25-12-9-8-10-13-25)41-30(7,18-36)19-40-42(39-15-11-14-31)38(23(3)4)24(5)6;1-2/h8-10,12-13,20-24,26,28,32H,11,15-19H2,1-7H3,(H,33,34);2H,1H3/t26-,28?,30+,42?;/m1./s1/i7D;2T. The Labute approximate surface area is 267 Å². The zero-order valence-corrected chi connectivity index (χ0v) is 28.0. The van der Waals surface area contributed by atoms with Crippen molar-refractivity contribution in [3.8, 4) is 6.07 Å². The molecule has 44 heavy (non-hydrogen) atoms. The summed E-state index contributed by atoms with van der Waals surface area (Å²) in [6, 6.07) is 13.0. The molecule has 2 unspecified atom stereocenters. The van der Waals surface area contributed by atoms with Crippen molar-refractivity contribution < 1.29 is 20.3 Å². The summed E-state index contributed by atoms with van der Waals surface area (Å²) in [5.41, 5.74) is 1.08. The van der Waals surface area contributed by atoms with Crippen LogP contribution in [-0.2, 0) is 20.3 Å². The Morgan fingerprint density at radius 1 is 1.30 bits per heavy atom. The number of imidazole rings is 1. The van der Waals surface area contributed by atoms with Crippen molar-refractivity contribution in [3.63, 3.8) is 0 Å². The second-order valence-corrected chi connectivity index (χ2v) is 13.1. The van der Waals surface area contributed by atoms with Crippen LogP contribution >= 0.6 is 8.53 Å². The van der Waals surface area contributed by atoms with Gasteiger partial charge >= 0.3 is 0 Å². The summed E-state index contributed by atoms with van der Waals surface area (Å²) in [5.74, 6) is 0.823. The Morgan fingerprint density at radius 3 is 2.66 bits per heavy atom. The molecule has 1 saturated heterocycles. The number of anilines is 1. The number of benzene rings is 1. The normalized spacial score (nSPS) is 23.0. The number of nitrogens with one attached hydrogen (secondary N) is 2. The highest BCUT2D eigenvalue weighted by molar-refractivity contribution is 7.44. The number of fused-ring (bicyclic) bond motifs is 1. The third-order valence-electron chi connectivity index (χ3n) is 7.26. The Balaban J connectivity index is 0.00000185. The molecule has 2 aliphatic rings. The zero-order valence-electron chi connectivity index (χ0n) is 29.1. The topological polar surface area (TPSA) is 132 Å². The quantitative estimate of drug-likeness (QED) is 0.192. The highest BCUT2D eigenvalue weighted by Gasteiger charge is 2.42. The fraction of sp³-hybridized carbons (Fsp3) is 0.645. The van der Waals surface area contributed by atoms with Gasteiger partial charge in [-0.15, -0.1) is 0 Å². The lowest BCUT2D eigenvalue weighted by atomic mass is 10.0. The largest absolute Gasteiger partial charge is 0.400 e. The number of morpholine rings is 1. The number of hydrogen-bond acceptors (Lipinski definition) is 11. The Kier molecular flexibility index (Phi) is 12.9. The lowest BCUT2D eigenvalue weighted by molar-refractivity contribution is -0.192. The van der Waals surface area contributed by atoms with E-state index in [0.717, 1.165) is 11.5 Å². The maximum Gasteiger partial charge on any atom is 0.259 e. The summed E-state index contributed by atoms with van der Waals surface area (Å²) in [6.45, 7) is 15.1. The minimum absolute atomic E-state index is 0.0183. The predicted octanol–water partition coefficient (Wildman–Crippen LogP) is 5.02. The van der Waals surface area contributed by atoms with Gasteiger partial charge in [-0.3, -0.25) is 14.8 Å². The number of nitriles is 1. The summed E-state index contributed by atoms with van der Waals surface area (Å²) in [6.07, 6.45) is 3.10. The molecule has 0 amide bonds. The maximum atomic E-state index is 9.08. The van der Waals surface area contributed by atoms with Crippen LogP contribution in [0.25, 0.3) is 0 Å². The van der Waals surface area contributed by atoms with Crippen LogP contribution in [0.2, 0.25) is 0 Å². The van der Waals surface area contributed by atoms with Crippen LogP contribution < -0.4 is 10.6 Å².